The highest BCUT2D eigenvalue weighted by Crippen LogP contribution is 2.82. The number of benzene rings is 4. The smallest absolute Gasteiger partial charge is 0.382 e. The SMILES string of the molecule is CCCP1(=O)OP(=O)(CCC)OP(=O)(CCC)O1.CCN(CC)CC.Nc1cccc(CCC(=O)CCc2ccnc3[nH]ccc23)c1.O=C(CCc1cccc(NC(=O)C#Cc2ccccc2)c1)CCc1ccnc2[nH]ccc12.O=C(O)C#Cc1ccccc1.[2H]C. The first-order valence-corrected chi connectivity index (χ1v) is 35.6. The van der Waals surface area contributed by atoms with E-state index in [1.54, 1.807) is 45.3 Å². The third-order valence-corrected chi connectivity index (χ3v) is 22.7. The molecule has 0 aliphatic carbocycles. The number of aromatic amines is 2. The number of ketones is 2. The summed E-state index contributed by atoms with van der Waals surface area (Å²) in [6.45, 7) is 15.5. The lowest BCUT2D eigenvalue weighted by Gasteiger charge is -2.33. The number of pyridine rings is 2. The number of carboxylic acid groups (broad SMARTS) is 1. The van der Waals surface area contributed by atoms with Gasteiger partial charge in [-0.05, 0) is 160 Å². The molecule has 6 N–H and O–H groups in total. The van der Waals surface area contributed by atoms with E-state index in [0.717, 1.165) is 68.4 Å². The number of carbonyl (C=O) groups excluding carboxylic acids is 3. The van der Waals surface area contributed by atoms with Crippen LogP contribution >= 0.6 is 22.8 Å². The van der Waals surface area contributed by atoms with Crippen LogP contribution in [0.3, 0.4) is 0 Å². The highest BCUT2D eigenvalue weighted by atomic mass is 31.3. The van der Waals surface area contributed by atoms with Crippen molar-refractivity contribution >= 4 is 79.7 Å². The van der Waals surface area contributed by atoms with Gasteiger partial charge < -0.3 is 31.0 Å². The number of carbonyl (C=O) groups is 4. The monoisotopic (exact) mass is 1300 g/mol. The minimum Gasteiger partial charge on any atom is -0.472 e. The quantitative estimate of drug-likeness (QED) is 0.0240. The van der Waals surface area contributed by atoms with Gasteiger partial charge in [-0.1, -0.05) is 121 Å². The molecule has 1 amide bonds. The number of hydrogen-bond donors (Lipinski definition) is 5. The Morgan fingerprint density at radius 1 is 0.560 bits per heavy atom. The van der Waals surface area contributed by atoms with Crippen molar-refractivity contribution in [3.8, 4) is 23.7 Å². The molecule has 1 fully saturated rings. The molecule has 0 atom stereocenters. The Kier molecular flexibility index (Phi) is 32.4. The standard InChI is InChI=1S/C27H23N3O2.C18H19N3O.C9H21O6P3.C9H6O2.C6H15N.CH4/c31-24(13-11-22-15-17-28-27-25(22)16-18-29-27)12-9-21-7-4-8-23(19-21)30-26(32)14-10-20-5-2-1-3-6-20;19-15-3-1-2-13(12-15)4-6-16(22)7-5-14-8-10-20-18-17(14)9-11-21-18;1-4-7-16(10)13-17(11,8-5-2)15-18(12,14-16)9-6-3;10-9(11)7-6-8-4-2-1-3-5-8;1-4-7(5-2)6-3;/h1-8,15-19H,9,11-13H2,(H,28,29)(H,30,32);1-3,8-12H,4-7,19H2,(H,20,21);4-9H2,1-3H3;1-5H,(H,10,11);4-6H2,1-3H3;1H4/i;;;;;1D. The molecule has 18 nitrogen and oxygen atoms in total. The number of carboxylic acids is 1. The van der Waals surface area contributed by atoms with Crippen molar-refractivity contribution in [3.05, 3.63) is 192 Å². The topological polar surface area (TPSA) is 266 Å². The number of amides is 1. The maximum absolute atomic E-state index is 12.4. The van der Waals surface area contributed by atoms with Crippen molar-refractivity contribution in [2.45, 2.75) is 120 Å². The number of Topliss-reactive ketones (excluding diaryl/α,β-unsaturated/α-hetero) is 2. The summed E-state index contributed by atoms with van der Waals surface area (Å²) in [4.78, 5) is 63.7. The van der Waals surface area contributed by atoms with Gasteiger partial charge in [-0.25, -0.2) is 27.7 Å². The van der Waals surface area contributed by atoms with Crippen LogP contribution in [0.5, 0.6) is 0 Å². The van der Waals surface area contributed by atoms with E-state index < -0.39 is 28.8 Å². The lowest BCUT2D eigenvalue weighted by atomic mass is 10.0. The van der Waals surface area contributed by atoms with Crippen molar-refractivity contribution in [2.24, 2.45) is 0 Å². The maximum atomic E-state index is 12.4. The number of anilines is 2. The average Bonchev–Trinajstić information content (AvgIpc) is 1.07. The van der Waals surface area contributed by atoms with Gasteiger partial charge in [0.1, 0.15) is 22.9 Å². The summed E-state index contributed by atoms with van der Waals surface area (Å²) < 4.78 is 58.0. The van der Waals surface area contributed by atoms with Gasteiger partial charge in [-0.2, -0.15) is 0 Å². The van der Waals surface area contributed by atoms with E-state index in [4.69, 9.17) is 25.1 Å². The van der Waals surface area contributed by atoms with Crippen LogP contribution in [0.15, 0.2) is 158 Å². The minimum atomic E-state index is -3.57. The van der Waals surface area contributed by atoms with Crippen LogP contribution in [0, 0.1) is 23.7 Å². The lowest BCUT2D eigenvalue weighted by Crippen LogP contribution is -2.21. The van der Waals surface area contributed by atoms with Gasteiger partial charge in [0.15, 0.2) is 0 Å². The Balaban J connectivity index is 0.000000264. The maximum Gasteiger partial charge on any atom is 0.382 e. The van der Waals surface area contributed by atoms with Crippen LogP contribution in [0.25, 0.3) is 22.1 Å². The Morgan fingerprint density at radius 3 is 1.38 bits per heavy atom. The number of H-pyrrole nitrogens is 2. The Labute approximate surface area is 538 Å². The molecule has 1 aliphatic rings. The van der Waals surface area contributed by atoms with Crippen molar-refractivity contribution in [2.75, 3.05) is 49.2 Å². The third kappa shape index (κ3) is 27.6. The molecule has 0 radical (unpaired) electrons. The van der Waals surface area contributed by atoms with Gasteiger partial charge in [0.2, 0.25) is 0 Å². The molecule has 0 spiro atoms. The van der Waals surface area contributed by atoms with Gasteiger partial charge in [0.25, 0.3) is 0 Å². The predicted molar refractivity (Wildman–Crippen MR) is 367 cm³/mol. The van der Waals surface area contributed by atoms with Crippen LogP contribution in [-0.4, -0.2) is 91.5 Å². The largest absolute Gasteiger partial charge is 0.472 e. The molecule has 9 rings (SSSR count). The minimum absolute atomic E-state index is 0.109. The molecular weight excluding hydrogens is 1210 g/mol. The molecule has 0 bridgehead atoms. The average molecular weight is 1300 g/mol. The first-order chi connectivity index (χ1) is 44.3. The summed E-state index contributed by atoms with van der Waals surface area (Å²) in [7, 11) is -9.45. The van der Waals surface area contributed by atoms with Gasteiger partial charge in [-0.3, -0.25) is 28.1 Å². The Hall–Kier alpha value is -8.01. The molecule has 5 heterocycles. The Morgan fingerprint density at radius 2 is 0.978 bits per heavy atom. The van der Waals surface area contributed by atoms with Gasteiger partial charge in [0.05, 0.1) is 18.5 Å². The zero-order valence-electron chi connectivity index (χ0n) is 54.3. The highest BCUT2D eigenvalue weighted by Gasteiger charge is 2.51. The summed E-state index contributed by atoms with van der Waals surface area (Å²) in [5.74, 6) is 8.99. The van der Waals surface area contributed by atoms with E-state index in [1.807, 2.05) is 140 Å². The molecule has 484 valence electrons. The number of nitrogens with one attached hydrogen (secondary N) is 3. The first-order valence-electron chi connectivity index (χ1n) is 31.4. The third-order valence-electron chi connectivity index (χ3n) is 13.7. The number of nitrogens with zero attached hydrogens (tertiary/aromatic N) is 3. The van der Waals surface area contributed by atoms with E-state index in [-0.39, 0.29) is 36.0 Å². The predicted octanol–water partition coefficient (Wildman–Crippen LogP) is 15.9. The molecule has 8 aromatic rings. The van der Waals surface area contributed by atoms with Gasteiger partial charge >= 0.3 is 34.7 Å². The van der Waals surface area contributed by atoms with E-state index in [0.29, 0.717) is 63.5 Å². The van der Waals surface area contributed by atoms with Crippen molar-refractivity contribution in [1.29, 1.82) is 0 Å². The summed E-state index contributed by atoms with van der Waals surface area (Å²) in [6, 6.07) is 41.6. The zero-order valence-corrected chi connectivity index (χ0v) is 56.0. The van der Waals surface area contributed by atoms with Crippen molar-refractivity contribution in [1.82, 2.24) is 24.8 Å². The number of nitrogen functional groups attached to an aromatic ring is 1. The first kappa shape index (κ1) is 73.7. The fraction of sp³-hybridized carbons (Fsp3) is 0.343. The van der Waals surface area contributed by atoms with Crippen LogP contribution < -0.4 is 11.1 Å². The fourth-order valence-corrected chi connectivity index (χ4v) is 18.5. The number of hydrogen-bond acceptors (Lipinski definition) is 14. The van der Waals surface area contributed by atoms with E-state index in [1.165, 1.54) is 32.6 Å². The molecule has 21 heteroatoms. The number of nitrogens with two attached hydrogens (primary N) is 1. The molecule has 0 unspecified atom stereocenters. The molecule has 0 saturated carbocycles. The molecule has 4 aromatic heterocycles. The summed E-state index contributed by atoms with van der Waals surface area (Å²) in [6.07, 6.45) is 14.2. The number of aliphatic carboxylic acids is 1. The normalized spacial score (nSPS) is 16.2. The molecule has 1 saturated heterocycles. The molecule has 91 heavy (non-hydrogen) atoms. The lowest BCUT2D eigenvalue weighted by molar-refractivity contribution is -0.130. The number of aryl methyl sites for hydroxylation is 4. The second-order valence-electron chi connectivity index (χ2n) is 20.8. The summed E-state index contributed by atoms with van der Waals surface area (Å²) in [5.41, 5.74) is 14.8. The van der Waals surface area contributed by atoms with E-state index in [2.05, 4.69) is 68.7 Å². The number of rotatable bonds is 22. The number of aromatic nitrogens is 4. The second kappa shape index (κ2) is 40.0. The summed E-state index contributed by atoms with van der Waals surface area (Å²) >= 11 is 0. The van der Waals surface area contributed by atoms with E-state index in [9.17, 15) is 32.9 Å². The van der Waals surface area contributed by atoms with E-state index >= 15 is 0 Å². The summed E-state index contributed by atoms with van der Waals surface area (Å²) in [5, 5.41) is 13.2. The number of fused-ring (bicyclic) bond motifs is 2. The van der Waals surface area contributed by atoms with Crippen molar-refractivity contribution < 1.29 is 52.3 Å². The fourth-order valence-electron chi connectivity index (χ4n) is 9.20. The molecular formula is C70H88N7O11P3. The zero-order chi connectivity index (χ0) is 67.2. The van der Waals surface area contributed by atoms with Gasteiger partial charge in [-0.15, -0.1) is 0 Å². The van der Waals surface area contributed by atoms with Crippen molar-refractivity contribution in [3.63, 3.8) is 0 Å². The Bertz CT molecular complexity index is 3770. The van der Waals surface area contributed by atoms with Gasteiger partial charge in [0, 0.05) is 97.0 Å². The van der Waals surface area contributed by atoms with Crippen LogP contribution in [0.1, 0.15) is 129 Å². The molecule has 4 aromatic carbocycles. The highest BCUT2D eigenvalue weighted by molar-refractivity contribution is 7.80. The second-order valence-corrected chi connectivity index (χ2v) is 27.8. The van der Waals surface area contributed by atoms with Crippen LogP contribution in [0.2, 0.25) is 0 Å². The van der Waals surface area contributed by atoms with Crippen LogP contribution in [-0.2, 0) is 71.5 Å². The molecule has 1 aliphatic heterocycles. The van der Waals surface area contributed by atoms with Crippen LogP contribution in [0.4, 0.5) is 11.4 Å².